The van der Waals surface area contributed by atoms with E-state index in [4.69, 9.17) is 36.1 Å². The molecule has 9 nitrogen and oxygen atoms in total. The van der Waals surface area contributed by atoms with E-state index in [9.17, 15) is 9.59 Å². The monoisotopic (exact) mass is 497 g/mol. The number of rotatable bonds is 16. The fraction of sp³-hybridized carbons (Fsp3) is 0.333. The molecule has 0 spiro atoms. The Labute approximate surface area is 211 Å². The zero-order valence-corrected chi connectivity index (χ0v) is 20.8. The predicted molar refractivity (Wildman–Crippen MR) is 140 cm³/mol. The maximum Gasteiger partial charge on any atom is 0.166 e. The van der Waals surface area contributed by atoms with Crippen LogP contribution in [0.2, 0.25) is 0 Å². The van der Waals surface area contributed by atoms with Gasteiger partial charge in [0.1, 0.15) is 13.2 Å². The van der Waals surface area contributed by atoms with Crippen LogP contribution in [0.25, 0.3) is 12.2 Å². The second-order valence-corrected chi connectivity index (χ2v) is 7.70. The molecule has 0 saturated heterocycles. The lowest BCUT2D eigenvalue weighted by Crippen LogP contribution is -2.24. The molecule has 2 aromatic carbocycles. The standard InChI is InChI=1S/C27H35N3O6/c1-33-26-17-19(5-9-24(26)35-15-13-29)3-7-22(31)21(11-12-28)23(32)8-4-20-6-10-25(36-16-14-30)27(18-20)34-2/h3-10,17-18,21H,11-16,28-30H2,1-2H3/b7-3+,8-4+. The summed E-state index contributed by atoms with van der Waals surface area (Å²) in [5.74, 6) is 0.606. The maximum absolute atomic E-state index is 12.9. The van der Waals surface area contributed by atoms with Gasteiger partial charge in [0.2, 0.25) is 0 Å². The summed E-state index contributed by atoms with van der Waals surface area (Å²) in [6.07, 6.45) is 6.25. The van der Waals surface area contributed by atoms with Crippen molar-refractivity contribution in [2.24, 2.45) is 23.1 Å². The van der Waals surface area contributed by atoms with Gasteiger partial charge < -0.3 is 36.1 Å². The number of ether oxygens (including phenoxy) is 4. The summed E-state index contributed by atoms with van der Waals surface area (Å²) in [6, 6.07) is 10.5. The number of carbonyl (C=O) groups excluding carboxylic acids is 2. The van der Waals surface area contributed by atoms with Gasteiger partial charge in [-0.2, -0.15) is 0 Å². The average Bonchev–Trinajstić information content (AvgIpc) is 2.91. The Morgan fingerprint density at radius 3 is 1.53 bits per heavy atom. The lowest BCUT2D eigenvalue weighted by Gasteiger charge is -2.11. The average molecular weight is 498 g/mol. The van der Waals surface area contributed by atoms with E-state index in [1.807, 2.05) is 0 Å². The Kier molecular flexibility index (Phi) is 12.2. The summed E-state index contributed by atoms with van der Waals surface area (Å²) < 4.78 is 21.8. The molecule has 2 aromatic rings. The summed E-state index contributed by atoms with van der Waals surface area (Å²) in [5, 5.41) is 0. The molecule has 0 aliphatic rings. The number of nitrogens with two attached hydrogens (primary N) is 3. The Bertz CT molecular complexity index is 986. The Hall–Kier alpha value is -3.66. The van der Waals surface area contributed by atoms with Crippen molar-refractivity contribution in [3.63, 3.8) is 0 Å². The van der Waals surface area contributed by atoms with Crippen LogP contribution in [0, 0.1) is 5.92 Å². The van der Waals surface area contributed by atoms with Crippen molar-refractivity contribution >= 4 is 23.7 Å². The largest absolute Gasteiger partial charge is 0.493 e. The second kappa shape index (κ2) is 15.4. The molecule has 0 aliphatic carbocycles. The van der Waals surface area contributed by atoms with E-state index >= 15 is 0 Å². The first-order chi connectivity index (χ1) is 17.5. The molecule has 0 aromatic heterocycles. The van der Waals surface area contributed by atoms with Crippen molar-refractivity contribution in [1.82, 2.24) is 0 Å². The van der Waals surface area contributed by atoms with Crippen molar-refractivity contribution in [3.8, 4) is 23.0 Å². The van der Waals surface area contributed by atoms with E-state index in [0.717, 1.165) is 11.1 Å². The van der Waals surface area contributed by atoms with Gasteiger partial charge in [0.15, 0.2) is 34.6 Å². The minimum atomic E-state index is -0.884. The summed E-state index contributed by atoms with van der Waals surface area (Å²) in [6.45, 7) is 1.68. The molecule has 0 atom stereocenters. The fourth-order valence-corrected chi connectivity index (χ4v) is 3.33. The number of methoxy groups -OCH3 is 2. The molecule has 0 heterocycles. The van der Waals surface area contributed by atoms with Gasteiger partial charge in [-0.25, -0.2) is 0 Å². The van der Waals surface area contributed by atoms with Crippen molar-refractivity contribution in [2.45, 2.75) is 6.42 Å². The zero-order valence-electron chi connectivity index (χ0n) is 20.8. The number of allylic oxidation sites excluding steroid dienone is 2. The Morgan fingerprint density at radius 1 is 0.722 bits per heavy atom. The van der Waals surface area contributed by atoms with Crippen LogP contribution >= 0.6 is 0 Å². The maximum atomic E-state index is 12.9. The highest BCUT2D eigenvalue weighted by Crippen LogP contribution is 2.29. The highest BCUT2D eigenvalue weighted by atomic mass is 16.5. The third-order valence-electron chi connectivity index (χ3n) is 5.15. The molecule has 0 unspecified atom stereocenters. The van der Waals surface area contributed by atoms with E-state index in [0.29, 0.717) is 49.3 Å². The lowest BCUT2D eigenvalue weighted by molar-refractivity contribution is -0.127. The topological polar surface area (TPSA) is 149 Å². The van der Waals surface area contributed by atoms with Crippen LogP contribution in [0.15, 0.2) is 48.6 Å². The van der Waals surface area contributed by atoms with Crippen LogP contribution in [0.1, 0.15) is 17.5 Å². The zero-order chi connectivity index (χ0) is 26.3. The van der Waals surface area contributed by atoms with Gasteiger partial charge in [0.25, 0.3) is 0 Å². The van der Waals surface area contributed by atoms with Gasteiger partial charge in [0.05, 0.1) is 20.1 Å². The van der Waals surface area contributed by atoms with Gasteiger partial charge in [-0.1, -0.05) is 24.3 Å². The summed E-state index contributed by atoms with van der Waals surface area (Å²) >= 11 is 0. The summed E-state index contributed by atoms with van der Waals surface area (Å²) in [4.78, 5) is 25.7. The summed E-state index contributed by atoms with van der Waals surface area (Å²) in [7, 11) is 3.06. The van der Waals surface area contributed by atoms with Crippen LogP contribution < -0.4 is 36.1 Å². The van der Waals surface area contributed by atoms with Gasteiger partial charge in [0, 0.05) is 13.1 Å². The smallest absolute Gasteiger partial charge is 0.166 e. The first-order valence-electron chi connectivity index (χ1n) is 11.6. The molecule has 6 N–H and O–H groups in total. The number of hydrogen-bond donors (Lipinski definition) is 3. The molecule has 9 heteroatoms. The van der Waals surface area contributed by atoms with E-state index in [2.05, 4.69) is 0 Å². The Morgan fingerprint density at radius 2 is 1.17 bits per heavy atom. The summed E-state index contributed by atoms with van der Waals surface area (Å²) in [5.41, 5.74) is 18.1. The minimum absolute atomic E-state index is 0.200. The van der Waals surface area contributed by atoms with Crippen molar-refractivity contribution in [1.29, 1.82) is 0 Å². The SMILES string of the molecule is COc1cc(/C=C/C(=O)C(CCN)C(=O)/C=C/c2ccc(OCCN)c(OC)c2)ccc1OCCN. The van der Waals surface area contributed by atoms with E-state index in [1.54, 1.807) is 48.6 Å². The van der Waals surface area contributed by atoms with Crippen LogP contribution in [-0.4, -0.2) is 58.6 Å². The molecule has 0 radical (unpaired) electrons. The number of benzene rings is 2. The predicted octanol–water partition coefficient (Wildman–Crippen LogP) is 2.21. The van der Waals surface area contributed by atoms with Crippen molar-refractivity contribution in [3.05, 3.63) is 59.7 Å². The molecule has 0 amide bonds. The molecule has 0 aliphatic heterocycles. The van der Waals surface area contributed by atoms with Crippen LogP contribution in [0.3, 0.4) is 0 Å². The molecule has 2 rings (SSSR count). The number of hydrogen-bond acceptors (Lipinski definition) is 9. The third-order valence-corrected chi connectivity index (χ3v) is 5.15. The highest BCUT2D eigenvalue weighted by Gasteiger charge is 2.22. The molecular formula is C27H35N3O6. The van der Waals surface area contributed by atoms with Gasteiger partial charge >= 0.3 is 0 Å². The van der Waals surface area contributed by atoms with Crippen LogP contribution in [0.5, 0.6) is 23.0 Å². The van der Waals surface area contributed by atoms with E-state index in [1.165, 1.54) is 26.4 Å². The normalized spacial score (nSPS) is 11.3. The molecule has 0 bridgehead atoms. The van der Waals surface area contributed by atoms with Crippen molar-refractivity contribution in [2.75, 3.05) is 47.1 Å². The molecular weight excluding hydrogens is 462 g/mol. The van der Waals surface area contributed by atoms with Gasteiger partial charge in [-0.15, -0.1) is 0 Å². The molecule has 36 heavy (non-hydrogen) atoms. The molecule has 0 fully saturated rings. The van der Waals surface area contributed by atoms with E-state index in [-0.39, 0.29) is 24.5 Å². The fourth-order valence-electron chi connectivity index (χ4n) is 3.33. The lowest BCUT2D eigenvalue weighted by atomic mass is 9.93. The van der Waals surface area contributed by atoms with Crippen LogP contribution in [-0.2, 0) is 9.59 Å². The Balaban J connectivity index is 2.13. The number of ketones is 2. The highest BCUT2D eigenvalue weighted by molar-refractivity contribution is 6.13. The van der Waals surface area contributed by atoms with Gasteiger partial charge in [-0.05, 0) is 60.5 Å². The third kappa shape index (κ3) is 8.53. The van der Waals surface area contributed by atoms with Gasteiger partial charge in [-0.3, -0.25) is 9.59 Å². The van der Waals surface area contributed by atoms with Crippen LogP contribution in [0.4, 0.5) is 0 Å². The minimum Gasteiger partial charge on any atom is -0.493 e. The molecule has 194 valence electrons. The first-order valence-corrected chi connectivity index (χ1v) is 11.6. The van der Waals surface area contributed by atoms with E-state index < -0.39 is 5.92 Å². The quantitative estimate of drug-likeness (QED) is 0.234. The second-order valence-electron chi connectivity index (χ2n) is 7.70. The molecule has 0 saturated carbocycles. The van der Waals surface area contributed by atoms with Crippen molar-refractivity contribution < 1.29 is 28.5 Å². The number of carbonyl (C=O) groups is 2. The first kappa shape index (κ1) is 28.6.